The molecule has 1 aromatic heterocycles. The van der Waals surface area contributed by atoms with E-state index < -0.39 is 11.8 Å². The Morgan fingerprint density at radius 1 is 1.26 bits per heavy atom. The van der Waals surface area contributed by atoms with E-state index in [9.17, 15) is 9.18 Å². The van der Waals surface area contributed by atoms with Crippen LogP contribution in [0, 0.1) is 5.82 Å². The lowest BCUT2D eigenvalue weighted by Gasteiger charge is -2.13. The Hall–Kier alpha value is -2.50. The van der Waals surface area contributed by atoms with Gasteiger partial charge >= 0.3 is 5.97 Å². The zero-order chi connectivity index (χ0) is 14.0. The number of benzene rings is 1. The summed E-state index contributed by atoms with van der Waals surface area (Å²) in [6.07, 6.45) is 0. The number of hydrogen-bond donors (Lipinski definition) is 1. The monoisotopic (exact) mass is 261 g/mol. The molecular weight excluding hydrogens is 249 g/mol. The van der Waals surface area contributed by atoms with E-state index in [1.807, 2.05) is 0 Å². The smallest absolute Gasteiger partial charge is 0.354 e. The van der Waals surface area contributed by atoms with Crippen molar-refractivity contribution in [3.63, 3.8) is 0 Å². The zero-order valence-corrected chi connectivity index (χ0v) is 10.5. The molecule has 2 rings (SSSR count). The highest BCUT2D eigenvalue weighted by Crippen LogP contribution is 2.20. The maximum absolute atomic E-state index is 13.2. The minimum Gasteiger partial charge on any atom is -0.477 e. The molecule has 0 amide bonds. The number of carboxylic acids is 1. The fraction of sp³-hybridized carbons (Fsp3) is 0.154. The summed E-state index contributed by atoms with van der Waals surface area (Å²) in [4.78, 5) is 20.8. The lowest BCUT2D eigenvalue weighted by molar-refractivity contribution is 0.0690. The molecule has 0 saturated heterocycles. The molecule has 0 radical (unpaired) electrons. The van der Waals surface area contributed by atoms with Gasteiger partial charge in [0.05, 0.1) is 0 Å². The van der Waals surface area contributed by atoms with E-state index in [0.29, 0.717) is 11.4 Å². The van der Waals surface area contributed by atoms with Crippen molar-refractivity contribution < 1.29 is 14.3 Å². The highest BCUT2D eigenvalue weighted by Gasteiger charge is 2.13. The Kier molecular flexibility index (Phi) is 3.41. The highest BCUT2D eigenvalue weighted by atomic mass is 19.1. The van der Waals surface area contributed by atoms with Crippen LogP contribution < -0.4 is 4.90 Å². The van der Waals surface area contributed by atoms with E-state index in [2.05, 4.69) is 9.97 Å². The molecule has 0 bridgehead atoms. The van der Waals surface area contributed by atoms with E-state index in [-0.39, 0.29) is 11.5 Å². The normalized spacial score (nSPS) is 10.3. The van der Waals surface area contributed by atoms with Crippen LogP contribution in [0.5, 0.6) is 0 Å². The van der Waals surface area contributed by atoms with Crippen molar-refractivity contribution in [2.45, 2.75) is 0 Å². The second-order valence-corrected chi connectivity index (χ2v) is 4.14. The summed E-state index contributed by atoms with van der Waals surface area (Å²) < 4.78 is 13.2. The SMILES string of the molecule is CN(C)c1cc(C(=O)O)nc(-c2cccc(F)c2)n1. The largest absolute Gasteiger partial charge is 0.477 e. The lowest BCUT2D eigenvalue weighted by atomic mass is 10.2. The molecule has 0 unspecified atom stereocenters. The Morgan fingerprint density at radius 3 is 2.58 bits per heavy atom. The van der Waals surface area contributed by atoms with Gasteiger partial charge in [-0.15, -0.1) is 0 Å². The third kappa shape index (κ3) is 2.85. The first-order valence-corrected chi connectivity index (χ1v) is 5.53. The van der Waals surface area contributed by atoms with E-state index in [0.717, 1.165) is 0 Å². The molecule has 19 heavy (non-hydrogen) atoms. The molecule has 98 valence electrons. The van der Waals surface area contributed by atoms with Gasteiger partial charge in [0.15, 0.2) is 11.5 Å². The number of anilines is 1. The molecule has 0 aliphatic rings. The average Bonchev–Trinajstić information content (AvgIpc) is 2.38. The topological polar surface area (TPSA) is 66.3 Å². The van der Waals surface area contributed by atoms with Crippen molar-refractivity contribution in [2.24, 2.45) is 0 Å². The number of halogens is 1. The summed E-state index contributed by atoms with van der Waals surface area (Å²) in [5.74, 6) is -0.939. The Labute approximate surface area is 109 Å². The van der Waals surface area contributed by atoms with Crippen LogP contribution in [0.3, 0.4) is 0 Å². The second-order valence-electron chi connectivity index (χ2n) is 4.14. The van der Waals surface area contributed by atoms with E-state index in [4.69, 9.17) is 5.11 Å². The first kappa shape index (κ1) is 12.9. The highest BCUT2D eigenvalue weighted by molar-refractivity contribution is 5.87. The number of aromatic nitrogens is 2. The molecule has 0 saturated carbocycles. The van der Waals surface area contributed by atoms with Crippen LogP contribution in [0.25, 0.3) is 11.4 Å². The van der Waals surface area contributed by atoms with Crippen LogP contribution in [-0.2, 0) is 0 Å². The van der Waals surface area contributed by atoms with Crippen molar-refractivity contribution in [2.75, 3.05) is 19.0 Å². The zero-order valence-electron chi connectivity index (χ0n) is 10.5. The van der Waals surface area contributed by atoms with Crippen molar-refractivity contribution in [1.29, 1.82) is 0 Å². The molecule has 0 spiro atoms. The number of carboxylic acid groups (broad SMARTS) is 1. The van der Waals surface area contributed by atoms with Gasteiger partial charge in [0.25, 0.3) is 0 Å². The molecule has 0 aliphatic heterocycles. The fourth-order valence-corrected chi connectivity index (χ4v) is 1.53. The van der Waals surface area contributed by atoms with E-state index in [1.165, 1.54) is 24.3 Å². The van der Waals surface area contributed by atoms with Gasteiger partial charge in [-0.05, 0) is 12.1 Å². The molecule has 1 N–H and O–H groups in total. The second kappa shape index (κ2) is 5.01. The molecule has 2 aromatic rings. The van der Waals surface area contributed by atoms with Gasteiger partial charge in [-0.1, -0.05) is 12.1 Å². The number of hydrogen-bond acceptors (Lipinski definition) is 4. The van der Waals surface area contributed by atoms with Crippen LogP contribution in [0.4, 0.5) is 10.2 Å². The average molecular weight is 261 g/mol. The third-order valence-corrected chi connectivity index (χ3v) is 2.47. The van der Waals surface area contributed by atoms with Crippen molar-refractivity contribution in [3.8, 4) is 11.4 Å². The van der Waals surface area contributed by atoms with Crippen LogP contribution in [0.2, 0.25) is 0 Å². The summed E-state index contributed by atoms with van der Waals surface area (Å²) in [5.41, 5.74) is 0.309. The minimum absolute atomic E-state index is 0.127. The van der Waals surface area contributed by atoms with Crippen molar-refractivity contribution >= 4 is 11.8 Å². The molecule has 0 aliphatic carbocycles. The number of aromatic carboxylic acids is 1. The standard InChI is InChI=1S/C13H12FN3O2/c1-17(2)11-7-10(13(18)19)15-12(16-11)8-4-3-5-9(14)6-8/h3-7H,1-2H3,(H,18,19). The molecule has 0 fully saturated rings. The van der Waals surface area contributed by atoms with Gasteiger partial charge in [0, 0.05) is 25.7 Å². The number of nitrogens with zero attached hydrogens (tertiary/aromatic N) is 3. The number of carbonyl (C=O) groups is 1. The lowest BCUT2D eigenvalue weighted by Crippen LogP contribution is -2.14. The summed E-state index contributed by atoms with van der Waals surface area (Å²) in [7, 11) is 3.48. The van der Waals surface area contributed by atoms with Gasteiger partial charge in [0.1, 0.15) is 11.6 Å². The van der Waals surface area contributed by atoms with Gasteiger partial charge in [0.2, 0.25) is 0 Å². The maximum Gasteiger partial charge on any atom is 0.354 e. The van der Waals surface area contributed by atoms with Gasteiger partial charge in [-0.2, -0.15) is 0 Å². The van der Waals surface area contributed by atoms with Crippen molar-refractivity contribution in [3.05, 3.63) is 41.8 Å². The fourth-order valence-electron chi connectivity index (χ4n) is 1.53. The molecule has 0 atom stereocenters. The first-order chi connectivity index (χ1) is 8.97. The summed E-state index contributed by atoms with van der Waals surface area (Å²) in [5, 5.41) is 9.03. The van der Waals surface area contributed by atoms with Crippen LogP contribution in [0.15, 0.2) is 30.3 Å². The third-order valence-electron chi connectivity index (χ3n) is 2.47. The minimum atomic E-state index is -1.15. The first-order valence-electron chi connectivity index (χ1n) is 5.53. The summed E-state index contributed by atoms with van der Waals surface area (Å²) in [6.45, 7) is 0. The van der Waals surface area contributed by atoms with Crippen LogP contribution in [0.1, 0.15) is 10.5 Å². The Bertz CT molecular complexity index is 629. The van der Waals surface area contributed by atoms with E-state index in [1.54, 1.807) is 25.1 Å². The van der Waals surface area contributed by atoms with Crippen LogP contribution >= 0.6 is 0 Å². The van der Waals surface area contributed by atoms with Gasteiger partial charge in [-0.25, -0.2) is 19.2 Å². The van der Waals surface area contributed by atoms with Crippen molar-refractivity contribution in [1.82, 2.24) is 9.97 Å². The quantitative estimate of drug-likeness (QED) is 0.915. The maximum atomic E-state index is 13.2. The molecule has 6 heteroatoms. The predicted octanol–water partition coefficient (Wildman–Crippen LogP) is 2.05. The van der Waals surface area contributed by atoms with E-state index >= 15 is 0 Å². The molecule has 1 aromatic carbocycles. The van der Waals surface area contributed by atoms with Gasteiger partial charge < -0.3 is 10.0 Å². The molecule has 5 nitrogen and oxygen atoms in total. The summed E-state index contributed by atoms with van der Waals surface area (Å²) >= 11 is 0. The Morgan fingerprint density at radius 2 is 2.00 bits per heavy atom. The Balaban J connectivity index is 2.59. The van der Waals surface area contributed by atoms with Crippen LogP contribution in [-0.4, -0.2) is 35.1 Å². The predicted molar refractivity (Wildman–Crippen MR) is 68.7 cm³/mol. The molecule has 1 heterocycles. The molecular formula is C13H12FN3O2. The summed E-state index contributed by atoms with van der Waals surface area (Å²) in [6, 6.07) is 7.09. The number of rotatable bonds is 3. The van der Waals surface area contributed by atoms with Gasteiger partial charge in [-0.3, -0.25) is 0 Å².